The highest BCUT2D eigenvalue weighted by Crippen LogP contribution is 2.18. The van der Waals surface area contributed by atoms with Crippen LogP contribution in [0.1, 0.15) is 341 Å². The molecule has 0 aromatic carbocycles. The Balaban J connectivity index is 3.42. The molecule has 0 rings (SSSR count). The van der Waals surface area contributed by atoms with Crippen LogP contribution >= 0.6 is 0 Å². The van der Waals surface area contributed by atoms with Crippen LogP contribution < -0.4 is 0 Å². The van der Waals surface area contributed by atoms with Gasteiger partial charge in [-0.2, -0.15) is 0 Å². The summed E-state index contributed by atoms with van der Waals surface area (Å²) in [5.41, 5.74) is 0. The maximum atomic E-state index is 12.3. The molecule has 5 nitrogen and oxygen atoms in total. The summed E-state index contributed by atoms with van der Waals surface area (Å²) in [6, 6.07) is 0. The van der Waals surface area contributed by atoms with Crippen molar-refractivity contribution in [3.05, 3.63) is 36.5 Å². The molecule has 0 fully saturated rings. The van der Waals surface area contributed by atoms with Crippen LogP contribution in [0.15, 0.2) is 36.5 Å². The van der Waals surface area contributed by atoms with Crippen molar-refractivity contribution in [3.63, 3.8) is 0 Å². The Morgan fingerprint density at radius 3 is 0.870 bits per heavy atom. The quantitative estimate of drug-likeness (QED) is 0.0373. The Hall–Kier alpha value is -1.88. The molecule has 0 aliphatic rings. The Morgan fingerprint density at radius 1 is 0.333 bits per heavy atom. The number of ether oxygens (including phenoxy) is 2. The molecule has 0 aromatic rings. The number of aliphatic hydroxyl groups is 1. The van der Waals surface area contributed by atoms with Crippen molar-refractivity contribution >= 4 is 11.9 Å². The third-order valence-electron chi connectivity index (χ3n) is 14.2. The van der Waals surface area contributed by atoms with Gasteiger partial charge in [-0.25, -0.2) is 0 Å². The van der Waals surface area contributed by atoms with Gasteiger partial charge in [0.1, 0.15) is 6.61 Å². The number of hydrogen-bond acceptors (Lipinski definition) is 5. The number of carbonyl (C=O) groups is 2. The standard InChI is InChI=1S/C64H120O5/c1-3-5-7-9-11-13-15-17-19-21-23-25-27-28-29-30-31-32-33-34-35-37-38-40-42-44-46-48-50-52-54-56-58-63(66)68-61-62(60-65)69-64(67)59-57-55-53-51-49-47-45-43-41-39-36-26-24-22-20-18-16-14-12-10-8-6-4-2/h16,18,22,24,36,39,62,65H,3-15,17,19-21,23,25-35,37-38,40-61H2,1-2H3/b18-16-,24-22-,39-36-. The number of hydrogen-bond donors (Lipinski definition) is 1. The van der Waals surface area contributed by atoms with Gasteiger partial charge in [-0.3, -0.25) is 9.59 Å². The maximum Gasteiger partial charge on any atom is 0.306 e. The van der Waals surface area contributed by atoms with Crippen molar-refractivity contribution < 1.29 is 24.2 Å². The molecule has 1 N–H and O–H groups in total. The van der Waals surface area contributed by atoms with Crippen LogP contribution in [-0.2, 0) is 19.1 Å². The topological polar surface area (TPSA) is 72.8 Å². The smallest absolute Gasteiger partial charge is 0.306 e. The fourth-order valence-corrected chi connectivity index (χ4v) is 9.51. The molecule has 0 saturated carbocycles. The Kier molecular flexibility index (Phi) is 58.8. The number of allylic oxidation sites excluding steroid dienone is 6. The van der Waals surface area contributed by atoms with E-state index < -0.39 is 6.10 Å². The predicted octanol–water partition coefficient (Wildman–Crippen LogP) is 21.0. The SMILES string of the molecule is CCCCCCC/C=C\C/C=C\C/C=C\CCCCCCCCCCC(=O)OC(CO)COC(=O)CCCCCCCCCCCCCCCCCCCCCCCCCCCCCCCCCC. The van der Waals surface area contributed by atoms with Gasteiger partial charge in [-0.05, 0) is 51.4 Å². The summed E-state index contributed by atoms with van der Waals surface area (Å²) in [7, 11) is 0. The highest BCUT2D eigenvalue weighted by molar-refractivity contribution is 5.70. The molecule has 0 bridgehead atoms. The van der Waals surface area contributed by atoms with E-state index in [0.29, 0.717) is 12.8 Å². The van der Waals surface area contributed by atoms with Gasteiger partial charge in [0.25, 0.3) is 0 Å². The fourth-order valence-electron chi connectivity index (χ4n) is 9.51. The lowest BCUT2D eigenvalue weighted by atomic mass is 10.0. The molecule has 0 heterocycles. The van der Waals surface area contributed by atoms with Gasteiger partial charge in [0.2, 0.25) is 0 Å². The van der Waals surface area contributed by atoms with Gasteiger partial charge in [0, 0.05) is 12.8 Å². The van der Waals surface area contributed by atoms with E-state index in [1.54, 1.807) is 0 Å². The Morgan fingerprint density at radius 2 is 0.580 bits per heavy atom. The lowest BCUT2D eigenvalue weighted by Crippen LogP contribution is -2.28. The van der Waals surface area contributed by atoms with Gasteiger partial charge < -0.3 is 14.6 Å². The number of rotatable bonds is 58. The second-order valence-corrected chi connectivity index (χ2v) is 21.1. The zero-order valence-electron chi connectivity index (χ0n) is 46.6. The Bertz CT molecular complexity index is 1100. The van der Waals surface area contributed by atoms with Crippen LogP contribution in [0.25, 0.3) is 0 Å². The molecule has 1 unspecified atom stereocenters. The molecule has 0 radical (unpaired) electrons. The molecule has 406 valence electrons. The van der Waals surface area contributed by atoms with E-state index >= 15 is 0 Å². The van der Waals surface area contributed by atoms with Crippen molar-refractivity contribution in [2.24, 2.45) is 0 Å². The number of aliphatic hydroxyl groups excluding tert-OH is 1. The van der Waals surface area contributed by atoms with Crippen molar-refractivity contribution in [3.8, 4) is 0 Å². The molecule has 0 saturated heterocycles. The van der Waals surface area contributed by atoms with Crippen LogP contribution in [0.3, 0.4) is 0 Å². The minimum absolute atomic E-state index is 0.0647. The molecule has 0 amide bonds. The molecule has 0 aromatic heterocycles. The monoisotopic (exact) mass is 969 g/mol. The largest absolute Gasteiger partial charge is 0.462 e. The first-order valence-corrected chi connectivity index (χ1v) is 31.0. The van der Waals surface area contributed by atoms with E-state index in [2.05, 4.69) is 50.3 Å². The maximum absolute atomic E-state index is 12.3. The highest BCUT2D eigenvalue weighted by Gasteiger charge is 2.16. The van der Waals surface area contributed by atoms with E-state index in [-0.39, 0.29) is 25.2 Å². The summed E-state index contributed by atoms with van der Waals surface area (Å²) in [5.74, 6) is -0.581. The summed E-state index contributed by atoms with van der Waals surface area (Å²) < 4.78 is 10.7. The van der Waals surface area contributed by atoms with Crippen LogP contribution in [0.4, 0.5) is 0 Å². The van der Waals surface area contributed by atoms with E-state index in [1.807, 2.05) is 0 Å². The third-order valence-corrected chi connectivity index (χ3v) is 14.2. The van der Waals surface area contributed by atoms with E-state index in [1.165, 1.54) is 263 Å². The minimum atomic E-state index is -0.775. The second kappa shape index (κ2) is 60.4. The van der Waals surface area contributed by atoms with Gasteiger partial charge in [-0.1, -0.05) is 314 Å². The molecule has 0 aliphatic carbocycles. The second-order valence-electron chi connectivity index (χ2n) is 21.1. The first-order chi connectivity index (χ1) is 34.1. The summed E-state index contributed by atoms with van der Waals surface area (Å²) in [6.45, 7) is 4.17. The van der Waals surface area contributed by atoms with Gasteiger partial charge in [-0.15, -0.1) is 0 Å². The lowest BCUT2D eigenvalue weighted by Gasteiger charge is -2.15. The minimum Gasteiger partial charge on any atom is -0.462 e. The van der Waals surface area contributed by atoms with E-state index in [4.69, 9.17) is 9.47 Å². The molecule has 0 spiro atoms. The average molecular weight is 970 g/mol. The normalized spacial score (nSPS) is 12.3. The molecule has 69 heavy (non-hydrogen) atoms. The number of esters is 2. The summed E-state index contributed by atoms with van der Waals surface area (Å²) >= 11 is 0. The third kappa shape index (κ3) is 58.6. The highest BCUT2D eigenvalue weighted by atomic mass is 16.6. The molecular weight excluding hydrogens is 849 g/mol. The van der Waals surface area contributed by atoms with Crippen LogP contribution in [-0.4, -0.2) is 36.4 Å². The summed E-state index contributed by atoms with van der Waals surface area (Å²) in [4.78, 5) is 24.6. The number of carbonyl (C=O) groups excluding carboxylic acids is 2. The summed E-state index contributed by atoms with van der Waals surface area (Å²) in [5, 5.41) is 9.67. The van der Waals surface area contributed by atoms with Gasteiger partial charge in [0.05, 0.1) is 6.61 Å². The summed E-state index contributed by atoms with van der Waals surface area (Å²) in [6.07, 6.45) is 78.6. The van der Waals surface area contributed by atoms with Crippen molar-refractivity contribution in [1.29, 1.82) is 0 Å². The Labute approximate surface area is 431 Å². The zero-order valence-corrected chi connectivity index (χ0v) is 46.6. The van der Waals surface area contributed by atoms with Crippen LogP contribution in [0.2, 0.25) is 0 Å². The van der Waals surface area contributed by atoms with Gasteiger partial charge >= 0.3 is 11.9 Å². The van der Waals surface area contributed by atoms with E-state index in [9.17, 15) is 14.7 Å². The van der Waals surface area contributed by atoms with Crippen molar-refractivity contribution in [2.75, 3.05) is 13.2 Å². The zero-order chi connectivity index (χ0) is 49.9. The van der Waals surface area contributed by atoms with E-state index in [0.717, 1.165) is 51.4 Å². The average Bonchev–Trinajstić information content (AvgIpc) is 3.35. The van der Waals surface area contributed by atoms with Crippen LogP contribution in [0.5, 0.6) is 0 Å². The van der Waals surface area contributed by atoms with Gasteiger partial charge in [0.15, 0.2) is 6.10 Å². The fraction of sp³-hybridized carbons (Fsp3) is 0.875. The first kappa shape index (κ1) is 67.1. The first-order valence-electron chi connectivity index (χ1n) is 31.0. The molecular formula is C64H120O5. The number of unbranched alkanes of at least 4 members (excludes halogenated alkanes) is 44. The molecule has 1 atom stereocenters. The lowest BCUT2D eigenvalue weighted by molar-refractivity contribution is -0.161. The van der Waals surface area contributed by atoms with Crippen LogP contribution in [0, 0.1) is 0 Å². The predicted molar refractivity (Wildman–Crippen MR) is 302 cm³/mol. The molecule has 5 heteroatoms. The van der Waals surface area contributed by atoms with Crippen molar-refractivity contribution in [1.82, 2.24) is 0 Å². The molecule has 0 aliphatic heterocycles. The van der Waals surface area contributed by atoms with Crippen molar-refractivity contribution in [2.45, 2.75) is 347 Å².